The third kappa shape index (κ3) is 4.87. The minimum atomic E-state index is -3.83. The van der Waals surface area contributed by atoms with Gasteiger partial charge in [-0.05, 0) is 31.2 Å². The van der Waals surface area contributed by atoms with E-state index in [-0.39, 0.29) is 11.4 Å². The van der Waals surface area contributed by atoms with Gasteiger partial charge in [0, 0.05) is 13.1 Å². The number of rotatable bonds is 8. The van der Waals surface area contributed by atoms with E-state index in [1.54, 1.807) is 49.0 Å². The number of sulfonamides is 1. The average Bonchev–Trinajstić information content (AvgIpc) is 2.99. The molecule has 0 aliphatic heterocycles. The number of amides is 1. The summed E-state index contributed by atoms with van der Waals surface area (Å²) >= 11 is 0. The van der Waals surface area contributed by atoms with E-state index < -0.39 is 28.0 Å². The molecule has 0 fully saturated rings. The Labute approximate surface area is 192 Å². The maximum absolute atomic E-state index is 13.0. The molecule has 3 aromatic rings. The van der Waals surface area contributed by atoms with Gasteiger partial charge in [0.05, 0.1) is 37.5 Å². The molecule has 0 unspecified atom stereocenters. The number of carbonyl (C=O) groups is 1. The van der Waals surface area contributed by atoms with E-state index in [4.69, 9.17) is 9.47 Å². The Morgan fingerprint density at radius 3 is 2.27 bits per heavy atom. The summed E-state index contributed by atoms with van der Waals surface area (Å²) in [5.41, 5.74) is 1.03. The molecule has 0 spiro atoms. The fraction of sp³-hybridized carbons (Fsp3) is 0.273. The lowest BCUT2D eigenvalue weighted by Crippen LogP contribution is -2.38. The summed E-state index contributed by atoms with van der Waals surface area (Å²) in [7, 11) is 0.759. The molecule has 1 aromatic heterocycles. The van der Waals surface area contributed by atoms with Crippen LogP contribution in [0.5, 0.6) is 11.5 Å². The first-order valence-corrected chi connectivity index (χ1v) is 11.8. The lowest BCUT2D eigenvalue weighted by Gasteiger charge is -2.22. The topological polar surface area (TPSA) is 112 Å². The van der Waals surface area contributed by atoms with Crippen LogP contribution in [0.15, 0.2) is 53.3 Å². The molecule has 0 saturated carbocycles. The molecule has 0 aliphatic carbocycles. The molecule has 0 radical (unpaired) electrons. The van der Waals surface area contributed by atoms with Crippen LogP contribution in [0.4, 0.5) is 11.4 Å². The van der Waals surface area contributed by atoms with Gasteiger partial charge >= 0.3 is 0 Å². The number of hydrogen-bond donors (Lipinski definition) is 1. The second-order valence-corrected chi connectivity index (χ2v) is 9.20. The van der Waals surface area contributed by atoms with Crippen LogP contribution in [0.2, 0.25) is 0 Å². The summed E-state index contributed by atoms with van der Waals surface area (Å²) in [6.45, 7) is 1.16. The largest absolute Gasteiger partial charge is 0.493 e. The number of methoxy groups -OCH3 is 2. The van der Waals surface area contributed by atoms with E-state index in [1.807, 2.05) is 6.07 Å². The number of ether oxygens (including phenoxy) is 2. The van der Waals surface area contributed by atoms with Crippen LogP contribution in [-0.2, 0) is 21.9 Å². The summed E-state index contributed by atoms with van der Waals surface area (Å²) < 4.78 is 39.3. The van der Waals surface area contributed by atoms with Crippen LogP contribution in [0, 0.1) is 6.92 Å². The Kier molecular flexibility index (Phi) is 6.82. The molecule has 33 heavy (non-hydrogen) atoms. The van der Waals surface area contributed by atoms with Crippen molar-refractivity contribution in [3.8, 4) is 17.2 Å². The van der Waals surface area contributed by atoms with Crippen LogP contribution in [0.1, 0.15) is 5.69 Å². The number of carbonyl (C=O) groups excluding carboxylic acids is 1. The lowest BCUT2D eigenvalue weighted by atomic mass is 10.2. The van der Waals surface area contributed by atoms with Gasteiger partial charge in [0.1, 0.15) is 12.2 Å². The first-order chi connectivity index (χ1) is 15.6. The number of nitrogens with zero attached hydrogens (tertiary/aromatic N) is 3. The molecule has 1 heterocycles. The molecule has 2 aromatic carbocycles. The van der Waals surface area contributed by atoms with Gasteiger partial charge in [-0.25, -0.2) is 13.1 Å². The van der Waals surface area contributed by atoms with Crippen LogP contribution < -0.4 is 24.7 Å². The van der Waals surface area contributed by atoms with Gasteiger partial charge in [-0.15, -0.1) is 0 Å². The highest BCUT2D eigenvalue weighted by Crippen LogP contribution is 2.32. The number of benzene rings is 2. The van der Waals surface area contributed by atoms with E-state index in [9.17, 15) is 18.0 Å². The van der Waals surface area contributed by atoms with Gasteiger partial charge in [0.25, 0.3) is 5.56 Å². The first-order valence-electron chi connectivity index (χ1n) is 9.92. The van der Waals surface area contributed by atoms with Gasteiger partial charge in [-0.3, -0.25) is 18.6 Å². The van der Waals surface area contributed by atoms with E-state index in [0.29, 0.717) is 22.9 Å². The molecule has 3 rings (SSSR count). The molecule has 1 amide bonds. The Morgan fingerprint density at radius 2 is 1.70 bits per heavy atom. The van der Waals surface area contributed by atoms with Crippen molar-refractivity contribution in [2.75, 3.05) is 36.6 Å². The van der Waals surface area contributed by atoms with Gasteiger partial charge in [0.2, 0.25) is 15.9 Å². The van der Waals surface area contributed by atoms with Crippen LogP contribution in [0.3, 0.4) is 0 Å². The quantitative estimate of drug-likeness (QED) is 0.534. The highest BCUT2D eigenvalue weighted by Gasteiger charge is 2.24. The minimum Gasteiger partial charge on any atom is -0.493 e. The molecular weight excluding hydrogens is 448 g/mol. The highest BCUT2D eigenvalue weighted by atomic mass is 32.2. The van der Waals surface area contributed by atoms with Crippen LogP contribution in [0.25, 0.3) is 5.69 Å². The predicted molar refractivity (Wildman–Crippen MR) is 126 cm³/mol. The predicted octanol–water partition coefficient (Wildman–Crippen LogP) is 1.91. The monoisotopic (exact) mass is 474 g/mol. The number of nitrogens with one attached hydrogen (secondary N) is 1. The fourth-order valence-corrected chi connectivity index (χ4v) is 4.25. The SMILES string of the molecule is COc1ccc(N(CC(=O)Nc2c(C)n(C)n(-c3ccccc3)c2=O)S(C)(=O)=O)cc1OC. The minimum absolute atomic E-state index is 0.0760. The first kappa shape index (κ1) is 23.9. The van der Waals surface area contributed by atoms with Crippen molar-refractivity contribution < 1.29 is 22.7 Å². The highest BCUT2D eigenvalue weighted by molar-refractivity contribution is 7.92. The average molecular weight is 475 g/mol. The van der Waals surface area contributed by atoms with Crippen LogP contribution in [-0.4, -0.2) is 50.7 Å². The van der Waals surface area contributed by atoms with Gasteiger partial charge in [-0.1, -0.05) is 18.2 Å². The maximum atomic E-state index is 13.0. The van der Waals surface area contributed by atoms with Crippen molar-refractivity contribution in [1.82, 2.24) is 9.36 Å². The molecule has 0 saturated heterocycles. The standard InChI is InChI=1S/C22H26N4O6S/c1-15-21(22(28)26(24(15)2)16-9-7-6-8-10-16)23-20(27)14-25(33(5,29)30)17-11-12-18(31-3)19(13-17)32-4/h6-13H,14H2,1-5H3,(H,23,27). The number of para-hydroxylation sites is 1. The van der Waals surface area contributed by atoms with Crippen molar-refractivity contribution in [1.29, 1.82) is 0 Å². The number of aromatic nitrogens is 2. The van der Waals surface area contributed by atoms with Crippen molar-refractivity contribution in [3.05, 3.63) is 64.6 Å². The molecule has 1 N–H and O–H groups in total. The Morgan fingerprint density at radius 1 is 1.06 bits per heavy atom. The fourth-order valence-electron chi connectivity index (χ4n) is 3.40. The summed E-state index contributed by atoms with van der Waals surface area (Å²) in [4.78, 5) is 25.9. The Balaban J connectivity index is 1.92. The Hall–Kier alpha value is -3.73. The lowest BCUT2D eigenvalue weighted by molar-refractivity contribution is -0.114. The Bertz CT molecular complexity index is 1330. The van der Waals surface area contributed by atoms with Crippen molar-refractivity contribution >= 4 is 27.3 Å². The summed E-state index contributed by atoms with van der Waals surface area (Å²) in [6.07, 6.45) is 0.993. The second kappa shape index (κ2) is 9.41. The van der Waals surface area contributed by atoms with Crippen molar-refractivity contribution in [3.63, 3.8) is 0 Å². The zero-order valence-corrected chi connectivity index (χ0v) is 19.8. The molecule has 0 aliphatic rings. The molecule has 11 heteroatoms. The summed E-state index contributed by atoms with van der Waals surface area (Å²) in [6, 6.07) is 13.5. The third-order valence-corrected chi connectivity index (χ3v) is 6.30. The molecule has 176 valence electrons. The second-order valence-electron chi connectivity index (χ2n) is 7.29. The van der Waals surface area contributed by atoms with E-state index in [1.165, 1.54) is 31.0 Å². The number of anilines is 2. The molecular formula is C22H26N4O6S. The zero-order valence-electron chi connectivity index (χ0n) is 19.0. The summed E-state index contributed by atoms with van der Waals surface area (Å²) in [5, 5.41) is 2.58. The summed E-state index contributed by atoms with van der Waals surface area (Å²) in [5.74, 6) is 0.0652. The van der Waals surface area contributed by atoms with Crippen LogP contribution >= 0.6 is 0 Å². The van der Waals surface area contributed by atoms with Gasteiger partial charge in [0.15, 0.2) is 11.5 Å². The third-order valence-electron chi connectivity index (χ3n) is 5.16. The van der Waals surface area contributed by atoms with Crippen molar-refractivity contribution in [2.24, 2.45) is 7.05 Å². The smallest absolute Gasteiger partial charge is 0.295 e. The van der Waals surface area contributed by atoms with Gasteiger partial charge in [-0.2, -0.15) is 0 Å². The molecule has 0 atom stereocenters. The normalized spacial score (nSPS) is 11.2. The van der Waals surface area contributed by atoms with E-state index >= 15 is 0 Å². The molecule has 0 bridgehead atoms. The van der Waals surface area contributed by atoms with E-state index in [2.05, 4.69) is 5.32 Å². The van der Waals surface area contributed by atoms with Crippen molar-refractivity contribution in [2.45, 2.75) is 6.92 Å². The zero-order chi connectivity index (χ0) is 24.3. The van der Waals surface area contributed by atoms with Gasteiger partial charge < -0.3 is 14.8 Å². The molecule has 10 nitrogen and oxygen atoms in total. The maximum Gasteiger partial charge on any atom is 0.295 e. The number of hydrogen-bond acceptors (Lipinski definition) is 6. The van der Waals surface area contributed by atoms with E-state index in [0.717, 1.165) is 10.6 Å².